The minimum atomic E-state index is 0.875. The molecule has 9 rings (SSSR count). The Labute approximate surface area is 323 Å². The Morgan fingerprint density at radius 1 is 0.278 bits per heavy atom. The maximum absolute atomic E-state index is 4.85. The standard InChI is InChI=1S/C48H34N4S2/c1-5-13-37(14-6-1)51(38-15-7-2-8-16-38)41-25-21-35(22-26-41)45-29-31-47(53-45)43-33-50-44(34-49-43)48-32-30-46(54-48)36-23-27-42(28-24-36)52(39-17-9-3-10-18-39)40-19-11-4-12-20-40/h1-34H. The van der Waals surface area contributed by atoms with E-state index in [-0.39, 0.29) is 0 Å². The van der Waals surface area contributed by atoms with Crippen LogP contribution in [0.1, 0.15) is 0 Å². The molecule has 0 bridgehead atoms. The van der Waals surface area contributed by atoms with Crippen LogP contribution in [-0.2, 0) is 0 Å². The molecule has 9 aromatic rings. The Morgan fingerprint density at radius 2 is 0.556 bits per heavy atom. The first-order valence-corrected chi connectivity index (χ1v) is 19.4. The van der Waals surface area contributed by atoms with Gasteiger partial charge in [-0.2, -0.15) is 0 Å². The molecule has 54 heavy (non-hydrogen) atoms. The van der Waals surface area contributed by atoms with E-state index in [1.165, 1.54) is 20.9 Å². The number of benzene rings is 6. The van der Waals surface area contributed by atoms with Gasteiger partial charge < -0.3 is 9.80 Å². The fourth-order valence-corrected chi connectivity index (χ4v) is 8.54. The molecule has 4 nitrogen and oxygen atoms in total. The quantitative estimate of drug-likeness (QED) is 0.140. The van der Waals surface area contributed by atoms with Crippen molar-refractivity contribution in [1.29, 1.82) is 0 Å². The van der Waals surface area contributed by atoms with E-state index < -0.39 is 0 Å². The van der Waals surface area contributed by atoms with E-state index in [4.69, 9.17) is 9.97 Å². The third-order valence-corrected chi connectivity index (χ3v) is 11.6. The van der Waals surface area contributed by atoms with Crippen molar-refractivity contribution in [2.24, 2.45) is 0 Å². The number of aromatic nitrogens is 2. The van der Waals surface area contributed by atoms with E-state index in [1.54, 1.807) is 22.7 Å². The average Bonchev–Trinajstić information content (AvgIpc) is 3.95. The summed E-state index contributed by atoms with van der Waals surface area (Å²) in [7, 11) is 0. The number of thiophene rings is 2. The van der Waals surface area contributed by atoms with Crippen LogP contribution < -0.4 is 9.80 Å². The lowest BCUT2D eigenvalue weighted by molar-refractivity contribution is 1.22. The first kappa shape index (κ1) is 33.3. The van der Waals surface area contributed by atoms with Gasteiger partial charge in [0.05, 0.1) is 33.5 Å². The number of anilines is 6. The lowest BCUT2D eigenvalue weighted by atomic mass is 10.1. The average molecular weight is 731 g/mol. The van der Waals surface area contributed by atoms with Gasteiger partial charge in [0.25, 0.3) is 0 Å². The highest BCUT2D eigenvalue weighted by Gasteiger charge is 2.15. The summed E-state index contributed by atoms with van der Waals surface area (Å²) in [4.78, 5) is 18.8. The van der Waals surface area contributed by atoms with Crippen molar-refractivity contribution in [3.63, 3.8) is 0 Å². The predicted molar refractivity (Wildman–Crippen MR) is 229 cm³/mol. The van der Waals surface area contributed by atoms with Crippen molar-refractivity contribution in [3.05, 3.63) is 207 Å². The van der Waals surface area contributed by atoms with Crippen molar-refractivity contribution in [2.75, 3.05) is 9.80 Å². The lowest BCUT2D eigenvalue weighted by Crippen LogP contribution is -2.09. The van der Waals surface area contributed by atoms with Crippen LogP contribution in [0.25, 0.3) is 42.0 Å². The molecular formula is C48H34N4S2. The molecule has 0 saturated carbocycles. The van der Waals surface area contributed by atoms with Gasteiger partial charge in [-0.1, -0.05) is 97.1 Å². The summed E-state index contributed by atoms with van der Waals surface area (Å²) >= 11 is 3.46. The molecule has 0 fully saturated rings. The smallest absolute Gasteiger partial charge is 0.0985 e. The van der Waals surface area contributed by atoms with Gasteiger partial charge in [-0.15, -0.1) is 22.7 Å². The van der Waals surface area contributed by atoms with Gasteiger partial charge in [0, 0.05) is 43.9 Å². The molecule has 0 N–H and O–H groups in total. The minimum Gasteiger partial charge on any atom is -0.311 e. The van der Waals surface area contributed by atoms with E-state index in [0.29, 0.717) is 0 Å². The minimum absolute atomic E-state index is 0.875. The first-order chi connectivity index (χ1) is 26.8. The highest BCUT2D eigenvalue weighted by molar-refractivity contribution is 7.19. The van der Waals surface area contributed by atoms with Crippen LogP contribution in [-0.4, -0.2) is 9.97 Å². The van der Waals surface area contributed by atoms with Crippen molar-refractivity contribution in [3.8, 4) is 42.0 Å². The lowest BCUT2D eigenvalue weighted by Gasteiger charge is -2.25. The Balaban J connectivity index is 0.904. The van der Waals surface area contributed by atoms with Crippen molar-refractivity contribution >= 4 is 56.8 Å². The third-order valence-electron chi connectivity index (χ3n) is 9.25. The number of hydrogen-bond acceptors (Lipinski definition) is 6. The van der Waals surface area contributed by atoms with Crippen molar-refractivity contribution in [1.82, 2.24) is 9.97 Å². The number of para-hydroxylation sites is 4. The first-order valence-electron chi connectivity index (χ1n) is 17.8. The number of rotatable bonds is 10. The van der Waals surface area contributed by atoms with Gasteiger partial charge in [0.15, 0.2) is 0 Å². The van der Waals surface area contributed by atoms with Crippen LogP contribution >= 0.6 is 22.7 Å². The summed E-state index contributed by atoms with van der Waals surface area (Å²) in [6, 6.07) is 68.1. The molecule has 0 saturated heterocycles. The largest absolute Gasteiger partial charge is 0.311 e. The molecule has 6 heteroatoms. The van der Waals surface area contributed by atoms with Crippen LogP contribution in [0.3, 0.4) is 0 Å². The molecule has 0 spiro atoms. The highest BCUT2D eigenvalue weighted by Crippen LogP contribution is 2.40. The fraction of sp³-hybridized carbons (Fsp3) is 0. The number of nitrogens with zero attached hydrogens (tertiary/aromatic N) is 4. The second-order valence-electron chi connectivity index (χ2n) is 12.7. The monoisotopic (exact) mass is 730 g/mol. The highest BCUT2D eigenvalue weighted by atomic mass is 32.1. The zero-order valence-electron chi connectivity index (χ0n) is 29.2. The zero-order chi connectivity index (χ0) is 36.1. The predicted octanol–water partition coefficient (Wildman–Crippen LogP) is 14.2. The van der Waals surface area contributed by atoms with Crippen LogP contribution in [0, 0.1) is 0 Å². The summed E-state index contributed by atoms with van der Waals surface area (Å²) in [5.41, 5.74) is 10.8. The molecular weight excluding hydrogens is 697 g/mol. The van der Waals surface area contributed by atoms with E-state index in [9.17, 15) is 0 Å². The normalized spacial score (nSPS) is 11.0. The topological polar surface area (TPSA) is 32.3 Å². The fourth-order valence-electron chi connectivity index (χ4n) is 6.60. The molecule has 258 valence electrons. The Hall–Kier alpha value is -6.60. The Morgan fingerprint density at radius 3 is 0.852 bits per heavy atom. The summed E-state index contributed by atoms with van der Waals surface area (Å²) in [6.45, 7) is 0. The maximum atomic E-state index is 4.85. The molecule has 0 amide bonds. The summed E-state index contributed by atoms with van der Waals surface area (Å²) in [5, 5.41) is 0. The molecule has 0 aliphatic rings. The molecule has 0 aliphatic carbocycles. The van der Waals surface area contributed by atoms with Gasteiger partial charge in [0.2, 0.25) is 0 Å². The molecule has 3 heterocycles. The van der Waals surface area contributed by atoms with Gasteiger partial charge in [-0.25, -0.2) is 0 Å². The summed E-state index contributed by atoms with van der Waals surface area (Å²) in [6.07, 6.45) is 3.78. The van der Waals surface area contributed by atoms with Crippen LogP contribution in [0.15, 0.2) is 207 Å². The van der Waals surface area contributed by atoms with Gasteiger partial charge in [-0.3, -0.25) is 9.97 Å². The second-order valence-corrected chi connectivity index (χ2v) is 14.9. The maximum Gasteiger partial charge on any atom is 0.0985 e. The molecule has 3 aromatic heterocycles. The SMILES string of the molecule is c1ccc(N(c2ccccc2)c2ccc(-c3ccc(-c4cnc(-c5ccc(-c6ccc(N(c7ccccc7)c7ccccc7)cc6)s5)cn4)s3)cc2)cc1. The zero-order valence-corrected chi connectivity index (χ0v) is 30.9. The number of hydrogen-bond donors (Lipinski definition) is 0. The second kappa shape index (κ2) is 15.2. The summed E-state index contributed by atoms with van der Waals surface area (Å²) < 4.78 is 0. The molecule has 0 atom stereocenters. The van der Waals surface area contributed by atoms with Gasteiger partial charge in [-0.05, 0) is 108 Å². The molecule has 6 aromatic carbocycles. The summed E-state index contributed by atoms with van der Waals surface area (Å²) in [5.74, 6) is 0. The molecule has 0 aliphatic heterocycles. The van der Waals surface area contributed by atoms with Gasteiger partial charge in [0.1, 0.15) is 0 Å². The molecule has 0 unspecified atom stereocenters. The Kier molecular flexibility index (Phi) is 9.34. The van der Waals surface area contributed by atoms with E-state index in [2.05, 4.69) is 180 Å². The molecule has 0 radical (unpaired) electrons. The van der Waals surface area contributed by atoms with Crippen LogP contribution in [0.5, 0.6) is 0 Å². The third kappa shape index (κ3) is 6.96. The van der Waals surface area contributed by atoms with E-state index >= 15 is 0 Å². The van der Waals surface area contributed by atoms with Gasteiger partial charge >= 0.3 is 0 Å². The van der Waals surface area contributed by atoms with E-state index in [1.807, 2.05) is 36.7 Å². The Bertz CT molecular complexity index is 2300. The van der Waals surface area contributed by atoms with Crippen molar-refractivity contribution in [2.45, 2.75) is 0 Å². The van der Waals surface area contributed by atoms with Crippen LogP contribution in [0.4, 0.5) is 34.1 Å². The van der Waals surface area contributed by atoms with Crippen molar-refractivity contribution < 1.29 is 0 Å². The van der Waals surface area contributed by atoms with Crippen LogP contribution in [0.2, 0.25) is 0 Å². The van der Waals surface area contributed by atoms with E-state index in [0.717, 1.165) is 55.3 Å².